The molecule has 0 saturated heterocycles. The van der Waals surface area contributed by atoms with Crippen LogP contribution < -0.4 is 19.5 Å². The molecule has 0 amide bonds. The summed E-state index contributed by atoms with van der Waals surface area (Å²) >= 11 is 0. The second kappa shape index (κ2) is 6.61. The molecule has 1 aromatic heterocycles. The lowest BCUT2D eigenvalue weighted by molar-refractivity contribution is -0.123. The Balaban J connectivity index is 1.92. The van der Waals surface area contributed by atoms with Gasteiger partial charge in [0.2, 0.25) is 11.7 Å². The van der Waals surface area contributed by atoms with Gasteiger partial charge in [0.05, 0.1) is 33.3 Å². The Kier molecular flexibility index (Phi) is 4.25. The Hall–Kier alpha value is -3.03. The number of nitrogens with zero attached hydrogens (tertiary/aromatic N) is 3. The smallest absolute Gasteiger partial charge is 0.226 e. The molecular weight excluding hydrogens is 348 g/mol. The van der Waals surface area contributed by atoms with Crippen LogP contribution in [0, 0.1) is 11.8 Å². The number of ketones is 1. The third kappa shape index (κ3) is 2.72. The molecule has 2 aliphatic rings. The molecule has 0 fully saturated rings. The Morgan fingerprint density at radius 1 is 1.15 bits per heavy atom. The maximum Gasteiger partial charge on any atom is 0.226 e. The van der Waals surface area contributed by atoms with Crippen molar-refractivity contribution in [2.45, 2.75) is 19.4 Å². The molecule has 1 N–H and O–H groups in total. The molecule has 0 radical (unpaired) electrons. The molecule has 4 rings (SSSR count). The number of benzene rings is 1. The summed E-state index contributed by atoms with van der Waals surface area (Å²) in [4.78, 5) is 17.3. The quantitative estimate of drug-likeness (QED) is 0.884. The predicted molar refractivity (Wildman–Crippen MR) is 98.2 cm³/mol. The van der Waals surface area contributed by atoms with E-state index in [1.807, 2.05) is 19.1 Å². The highest BCUT2D eigenvalue weighted by Crippen LogP contribution is 2.46. The Bertz CT molecular complexity index is 895. The lowest BCUT2D eigenvalue weighted by Crippen LogP contribution is -2.40. The number of ether oxygens (including phenoxy) is 3. The van der Waals surface area contributed by atoms with Gasteiger partial charge in [0.1, 0.15) is 12.1 Å². The first kappa shape index (κ1) is 17.4. The van der Waals surface area contributed by atoms with Crippen molar-refractivity contribution in [2.24, 2.45) is 11.8 Å². The van der Waals surface area contributed by atoms with Crippen molar-refractivity contribution in [2.75, 3.05) is 26.6 Å². The molecule has 0 spiro atoms. The van der Waals surface area contributed by atoms with E-state index in [-0.39, 0.29) is 23.7 Å². The molecule has 8 heteroatoms. The standard InChI is InChI=1S/C19H22N4O4/c1-10-5-12-16(13(24)6-10)17(23-19(22-12)20-9-21-23)11-7-14(25-2)18(27-4)15(8-11)26-3/h5,7-10,16-17H,6H2,1-4H3,(H,20,21,22)/t10-,16-,17-/m0/s1. The normalized spacial score (nSPS) is 23.6. The fraction of sp³-hybridized carbons (Fsp3) is 0.421. The number of nitrogens with one attached hydrogen (secondary N) is 1. The molecular formula is C19H22N4O4. The van der Waals surface area contributed by atoms with Crippen LogP contribution in [0.3, 0.4) is 0 Å². The van der Waals surface area contributed by atoms with Crippen molar-refractivity contribution in [1.29, 1.82) is 0 Å². The van der Waals surface area contributed by atoms with E-state index in [0.29, 0.717) is 29.6 Å². The second-order valence-corrected chi connectivity index (χ2v) is 6.80. The molecule has 1 aliphatic heterocycles. The number of hydrogen-bond donors (Lipinski definition) is 1. The zero-order valence-corrected chi connectivity index (χ0v) is 15.7. The highest BCUT2D eigenvalue weighted by molar-refractivity contribution is 5.88. The van der Waals surface area contributed by atoms with Gasteiger partial charge in [-0.15, -0.1) is 0 Å². The maximum atomic E-state index is 13.0. The van der Waals surface area contributed by atoms with Crippen LogP contribution in [-0.4, -0.2) is 41.9 Å². The third-order valence-corrected chi connectivity index (χ3v) is 5.11. The first-order valence-electron chi connectivity index (χ1n) is 8.78. The number of carbonyl (C=O) groups excluding carboxylic acids is 1. The summed E-state index contributed by atoms with van der Waals surface area (Å²) in [7, 11) is 4.71. The van der Waals surface area contributed by atoms with Crippen LogP contribution >= 0.6 is 0 Å². The molecule has 1 aliphatic carbocycles. The fourth-order valence-corrected chi connectivity index (χ4v) is 3.97. The summed E-state index contributed by atoms with van der Waals surface area (Å²) in [5.74, 6) is 2.19. The summed E-state index contributed by atoms with van der Waals surface area (Å²) in [6.07, 6.45) is 4.09. The Labute approximate surface area is 157 Å². The lowest BCUT2D eigenvalue weighted by atomic mass is 9.78. The van der Waals surface area contributed by atoms with Gasteiger partial charge >= 0.3 is 0 Å². The molecule has 0 unspecified atom stereocenters. The average molecular weight is 370 g/mol. The second-order valence-electron chi connectivity index (χ2n) is 6.80. The molecule has 8 nitrogen and oxygen atoms in total. The van der Waals surface area contributed by atoms with Gasteiger partial charge in [-0.2, -0.15) is 10.1 Å². The molecule has 3 atom stereocenters. The van der Waals surface area contributed by atoms with Crippen molar-refractivity contribution in [3.05, 3.63) is 35.8 Å². The van der Waals surface area contributed by atoms with Crippen molar-refractivity contribution in [3.63, 3.8) is 0 Å². The minimum Gasteiger partial charge on any atom is -0.493 e. The number of methoxy groups -OCH3 is 3. The number of allylic oxidation sites excluding steroid dienone is 2. The van der Waals surface area contributed by atoms with Gasteiger partial charge < -0.3 is 19.5 Å². The third-order valence-electron chi connectivity index (χ3n) is 5.11. The highest BCUT2D eigenvalue weighted by atomic mass is 16.5. The number of Topliss-reactive ketones (excluding diaryl/α,β-unsaturated/α-hetero) is 1. The highest BCUT2D eigenvalue weighted by Gasteiger charge is 2.42. The maximum absolute atomic E-state index is 13.0. The van der Waals surface area contributed by atoms with Crippen LogP contribution in [0.1, 0.15) is 24.9 Å². The van der Waals surface area contributed by atoms with E-state index in [4.69, 9.17) is 14.2 Å². The summed E-state index contributed by atoms with van der Waals surface area (Å²) in [6.45, 7) is 2.04. The first-order chi connectivity index (χ1) is 13.1. The number of hydrogen-bond acceptors (Lipinski definition) is 7. The van der Waals surface area contributed by atoms with Crippen LogP contribution in [0.5, 0.6) is 17.2 Å². The molecule has 1 aromatic carbocycles. The monoisotopic (exact) mass is 370 g/mol. The summed E-state index contributed by atoms with van der Waals surface area (Å²) in [5.41, 5.74) is 1.72. The van der Waals surface area contributed by atoms with E-state index in [1.54, 1.807) is 26.0 Å². The number of rotatable bonds is 4. The van der Waals surface area contributed by atoms with Crippen LogP contribution in [0.15, 0.2) is 30.2 Å². The molecule has 2 aromatic rings. The number of aromatic nitrogens is 3. The number of fused-ring (bicyclic) bond motifs is 2. The van der Waals surface area contributed by atoms with Crippen molar-refractivity contribution in [3.8, 4) is 17.2 Å². The van der Waals surface area contributed by atoms with Crippen LogP contribution in [0.4, 0.5) is 5.95 Å². The number of carbonyl (C=O) groups is 1. The lowest BCUT2D eigenvalue weighted by Gasteiger charge is -2.37. The van der Waals surface area contributed by atoms with Gasteiger partial charge in [-0.3, -0.25) is 4.79 Å². The van der Waals surface area contributed by atoms with E-state index in [0.717, 1.165) is 11.3 Å². The minimum absolute atomic E-state index is 0.174. The van der Waals surface area contributed by atoms with E-state index < -0.39 is 0 Å². The van der Waals surface area contributed by atoms with Crippen LogP contribution in [0.25, 0.3) is 0 Å². The van der Waals surface area contributed by atoms with E-state index >= 15 is 0 Å². The predicted octanol–water partition coefficient (Wildman–Crippen LogP) is 2.43. The summed E-state index contributed by atoms with van der Waals surface area (Å²) in [5, 5.41) is 7.63. The topological polar surface area (TPSA) is 87.5 Å². The van der Waals surface area contributed by atoms with Gasteiger partial charge in [0, 0.05) is 12.1 Å². The summed E-state index contributed by atoms with van der Waals surface area (Å²) < 4.78 is 18.2. The molecule has 0 bridgehead atoms. The molecule has 27 heavy (non-hydrogen) atoms. The Morgan fingerprint density at radius 2 is 1.85 bits per heavy atom. The van der Waals surface area contributed by atoms with Crippen LogP contribution in [0.2, 0.25) is 0 Å². The number of anilines is 1. The molecule has 2 heterocycles. The average Bonchev–Trinajstić information content (AvgIpc) is 3.12. The fourth-order valence-electron chi connectivity index (χ4n) is 3.97. The van der Waals surface area contributed by atoms with E-state index in [1.165, 1.54) is 6.33 Å². The zero-order valence-electron chi connectivity index (χ0n) is 15.7. The SMILES string of the molecule is COc1cc([C@H]2[C@@H]3C(=O)C[C@@H](C)C=C3Nc3ncnn32)cc(OC)c1OC. The van der Waals surface area contributed by atoms with Crippen molar-refractivity contribution in [1.82, 2.24) is 14.8 Å². The van der Waals surface area contributed by atoms with E-state index in [9.17, 15) is 4.79 Å². The van der Waals surface area contributed by atoms with Gasteiger partial charge in [-0.25, -0.2) is 4.68 Å². The Morgan fingerprint density at radius 3 is 2.48 bits per heavy atom. The van der Waals surface area contributed by atoms with Gasteiger partial charge in [-0.05, 0) is 23.6 Å². The van der Waals surface area contributed by atoms with Crippen molar-refractivity contribution >= 4 is 11.7 Å². The largest absolute Gasteiger partial charge is 0.493 e. The summed E-state index contributed by atoms with van der Waals surface area (Å²) in [6, 6.07) is 3.39. The van der Waals surface area contributed by atoms with Gasteiger partial charge in [-0.1, -0.05) is 13.0 Å². The van der Waals surface area contributed by atoms with Crippen LogP contribution in [-0.2, 0) is 4.79 Å². The van der Waals surface area contributed by atoms with Gasteiger partial charge in [0.15, 0.2) is 11.5 Å². The molecule has 142 valence electrons. The van der Waals surface area contributed by atoms with Crippen molar-refractivity contribution < 1.29 is 19.0 Å². The minimum atomic E-state index is -0.363. The van der Waals surface area contributed by atoms with Gasteiger partial charge in [0.25, 0.3) is 0 Å². The first-order valence-corrected chi connectivity index (χ1v) is 8.78. The van der Waals surface area contributed by atoms with E-state index in [2.05, 4.69) is 21.5 Å². The zero-order chi connectivity index (χ0) is 19.1. The molecule has 0 saturated carbocycles.